The Balaban J connectivity index is 1.69. The van der Waals surface area contributed by atoms with Crippen LogP contribution in [0, 0.1) is 0 Å². The van der Waals surface area contributed by atoms with Crippen molar-refractivity contribution >= 4 is 44.8 Å². The number of benzene rings is 3. The van der Waals surface area contributed by atoms with E-state index in [1.54, 1.807) is 42.5 Å². The molecule has 32 heavy (non-hydrogen) atoms. The lowest BCUT2D eigenvalue weighted by Gasteiger charge is -2.23. The van der Waals surface area contributed by atoms with Gasteiger partial charge in [-0.05, 0) is 47.4 Å². The first-order valence-electron chi connectivity index (χ1n) is 9.99. The summed E-state index contributed by atoms with van der Waals surface area (Å²) in [5, 5.41) is 3.64. The highest BCUT2D eigenvalue weighted by Gasteiger charge is 2.19. The van der Waals surface area contributed by atoms with Crippen molar-refractivity contribution in [2.45, 2.75) is 19.4 Å². The van der Waals surface area contributed by atoms with Crippen LogP contribution in [-0.4, -0.2) is 27.1 Å². The van der Waals surface area contributed by atoms with E-state index in [9.17, 15) is 13.2 Å². The number of halogens is 2. The molecule has 0 aliphatic rings. The van der Waals surface area contributed by atoms with Gasteiger partial charge in [0.15, 0.2) is 0 Å². The average molecular weight is 491 g/mol. The molecule has 1 amide bonds. The minimum absolute atomic E-state index is 0.0858. The van der Waals surface area contributed by atoms with Gasteiger partial charge in [0, 0.05) is 22.2 Å². The van der Waals surface area contributed by atoms with Crippen LogP contribution >= 0.6 is 23.2 Å². The smallest absolute Gasteiger partial charge is 0.251 e. The molecule has 3 rings (SSSR count). The molecule has 3 aromatic rings. The molecule has 0 bridgehead atoms. The highest BCUT2D eigenvalue weighted by Crippen LogP contribution is 2.28. The van der Waals surface area contributed by atoms with E-state index in [4.69, 9.17) is 23.2 Å². The molecule has 0 saturated carbocycles. The molecular weight excluding hydrogens is 467 g/mol. The number of carbonyl (C=O) groups excluding carboxylic acids is 1. The molecule has 0 aliphatic heterocycles. The fourth-order valence-corrected chi connectivity index (χ4v) is 4.64. The number of hydrogen-bond donors (Lipinski definition) is 1. The largest absolute Gasteiger partial charge is 0.351 e. The molecule has 0 fully saturated rings. The Morgan fingerprint density at radius 3 is 2.12 bits per heavy atom. The molecule has 1 atom stereocenters. The first-order chi connectivity index (χ1) is 15.1. The van der Waals surface area contributed by atoms with Gasteiger partial charge in [0.2, 0.25) is 10.0 Å². The van der Waals surface area contributed by atoms with Crippen molar-refractivity contribution < 1.29 is 13.2 Å². The quantitative estimate of drug-likeness (QED) is 0.453. The maximum atomic E-state index is 12.5. The molecule has 5 nitrogen and oxygen atoms in total. The number of nitrogens with zero attached hydrogens (tertiary/aromatic N) is 1. The molecule has 8 heteroatoms. The summed E-state index contributed by atoms with van der Waals surface area (Å²) in [6, 6.07) is 21.5. The Labute approximate surface area is 199 Å². The van der Waals surface area contributed by atoms with Gasteiger partial charge in [-0.2, -0.15) is 0 Å². The van der Waals surface area contributed by atoms with Crippen LogP contribution in [0.3, 0.4) is 0 Å². The van der Waals surface area contributed by atoms with E-state index in [0.29, 0.717) is 27.8 Å². The molecule has 0 aromatic heterocycles. The van der Waals surface area contributed by atoms with Crippen molar-refractivity contribution in [1.82, 2.24) is 5.32 Å². The van der Waals surface area contributed by atoms with E-state index in [0.717, 1.165) is 17.4 Å². The van der Waals surface area contributed by atoms with Gasteiger partial charge in [-0.25, -0.2) is 8.42 Å². The van der Waals surface area contributed by atoms with E-state index in [1.165, 1.54) is 4.31 Å². The molecule has 168 valence electrons. The molecule has 0 spiro atoms. The Bertz CT molecular complexity index is 1160. The molecule has 0 heterocycles. The molecular formula is C24H24Cl2N2O3S. The second kappa shape index (κ2) is 10.4. The lowest BCUT2D eigenvalue weighted by molar-refractivity contribution is 0.0951. The van der Waals surface area contributed by atoms with E-state index < -0.39 is 10.0 Å². The highest BCUT2D eigenvalue weighted by molar-refractivity contribution is 7.92. The summed E-state index contributed by atoms with van der Waals surface area (Å²) in [7, 11) is -3.58. The van der Waals surface area contributed by atoms with Crippen LogP contribution in [0.1, 0.15) is 34.3 Å². The third-order valence-corrected chi connectivity index (χ3v) is 6.59. The predicted octanol–water partition coefficient (Wildman–Crippen LogP) is 5.49. The van der Waals surface area contributed by atoms with E-state index >= 15 is 0 Å². The van der Waals surface area contributed by atoms with Gasteiger partial charge in [-0.15, -0.1) is 0 Å². The molecule has 3 aromatic carbocycles. The third kappa shape index (κ3) is 6.48. The third-order valence-electron chi connectivity index (χ3n) is 5.02. The fourth-order valence-electron chi connectivity index (χ4n) is 3.26. The minimum atomic E-state index is -3.58. The van der Waals surface area contributed by atoms with Crippen molar-refractivity contribution in [2.24, 2.45) is 0 Å². The maximum Gasteiger partial charge on any atom is 0.251 e. The lowest BCUT2D eigenvalue weighted by atomic mass is 10.0. The van der Waals surface area contributed by atoms with E-state index in [1.807, 2.05) is 30.3 Å². The zero-order valence-corrected chi connectivity index (χ0v) is 20.1. The highest BCUT2D eigenvalue weighted by atomic mass is 35.5. The van der Waals surface area contributed by atoms with E-state index in [2.05, 4.69) is 12.2 Å². The first kappa shape index (κ1) is 24.1. The average Bonchev–Trinajstić information content (AvgIpc) is 2.75. The zero-order valence-electron chi connectivity index (χ0n) is 17.8. The van der Waals surface area contributed by atoms with Crippen LogP contribution in [0.2, 0.25) is 10.0 Å². The van der Waals surface area contributed by atoms with Gasteiger partial charge in [0.25, 0.3) is 5.91 Å². The molecule has 0 unspecified atom stereocenters. The van der Waals surface area contributed by atoms with Crippen LogP contribution in [0.5, 0.6) is 0 Å². The Morgan fingerprint density at radius 1 is 0.969 bits per heavy atom. The van der Waals surface area contributed by atoms with Gasteiger partial charge in [-0.1, -0.05) is 72.6 Å². The summed E-state index contributed by atoms with van der Waals surface area (Å²) in [6.45, 7) is 2.66. The first-order valence-corrected chi connectivity index (χ1v) is 12.6. The summed E-state index contributed by atoms with van der Waals surface area (Å²) in [4.78, 5) is 12.5. The van der Waals surface area contributed by atoms with Gasteiger partial charge in [0.05, 0.1) is 18.5 Å². The summed E-state index contributed by atoms with van der Waals surface area (Å²) in [6.07, 6.45) is 1.12. The number of nitrogens with one attached hydrogen (secondary N) is 1. The summed E-state index contributed by atoms with van der Waals surface area (Å²) in [5.74, 6) is 0.00758. The summed E-state index contributed by atoms with van der Waals surface area (Å²) >= 11 is 12.1. The molecule has 0 saturated heterocycles. The van der Waals surface area contributed by atoms with Crippen molar-refractivity contribution in [2.75, 3.05) is 17.1 Å². The van der Waals surface area contributed by atoms with Crippen LogP contribution < -0.4 is 9.62 Å². The number of anilines is 1. The van der Waals surface area contributed by atoms with Crippen LogP contribution in [0.4, 0.5) is 5.69 Å². The standard InChI is InChI=1S/C24H24Cl2N2O3S/c1-17(19-6-4-3-5-7-19)15-27-24(29)20-10-8-18(9-11-20)16-28(32(2,30)31)23-13-21(25)12-22(26)14-23/h3-14,17H,15-16H2,1-2H3,(H,27,29)/t17-/m0/s1. The lowest BCUT2D eigenvalue weighted by Crippen LogP contribution is -2.29. The van der Waals surface area contributed by atoms with E-state index in [-0.39, 0.29) is 18.4 Å². The number of hydrogen-bond acceptors (Lipinski definition) is 3. The van der Waals surface area contributed by atoms with Crippen LogP contribution in [0.25, 0.3) is 0 Å². The maximum absolute atomic E-state index is 12.5. The van der Waals surface area contributed by atoms with Crippen molar-refractivity contribution in [3.8, 4) is 0 Å². The fraction of sp³-hybridized carbons (Fsp3) is 0.208. The predicted molar refractivity (Wildman–Crippen MR) is 131 cm³/mol. The Hall–Kier alpha value is -2.54. The Morgan fingerprint density at radius 2 is 1.56 bits per heavy atom. The van der Waals surface area contributed by atoms with Gasteiger partial charge in [-0.3, -0.25) is 9.10 Å². The topological polar surface area (TPSA) is 66.5 Å². The van der Waals surface area contributed by atoms with Crippen LogP contribution in [-0.2, 0) is 16.6 Å². The molecule has 0 aliphatic carbocycles. The van der Waals surface area contributed by atoms with Crippen molar-refractivity contribution in [1.29, 1.82) is 0 Å². The Kier molecular flexibility index (Phi) is 7.82. The summed E-state index contributed by atoms with van der Waals surface area (Å²) < 4.78 is 26.0. The number of sulfonamides is 1. The molecule has 0 radical (unpaired) electrons. The van der Waals surface area contributed by atoms with Gasteiger partial charge >= 0.3 is 0 Å². The normalized spacial score (nSPS) is 12.2. The minimum Gasteiger partial charge on any atom is -0.351 e. The number of rotatable bonds is 8. The second-order valence-corrected chi connectivity index (χ2v) is 10.4. The SMILES string of the molecule is C[C@@H](CNC(=O)c1ccc(CN(c2cc(Cl)cc(Cl)c2)S(C)(=O)=O)cc1)c1ccccc1. The van der Waals surface area contributed by atoms with Gasteiger partial charge < -0.3 is 5.32 Å². The van der Waals surface area contributed by atoms with Crippen molar-refractivity contribution in [3.63, 3.8) is 0 Å². The van der Waals surface area contributed by atoms with Crippen LogP contribution in [0.15, 0.2) is 72.8 Å². The molecule has 1 N–H and O–H groups in total. The van der Waals surface area contributed by atoms with Gasteiger partial charge in [0.1, 0.15) is 0 Å². The monoisotopic (exact) mass is 490 g/mol. The van der Waals surface area contributed by atoms with Crippen molar-refractivity contribution in [3.05, 3.63) is 99.5 Å². The number of amides is 1. The number of carbonyl (C=O) groups is 1. The zero-order chi connectivity index (χ0) is 23.3. The second-order valence-electron chi connectivity index (χ2n) is 7.62. The summed E-state index contributed by atoms with van der Waals surface area (Å²) in [5.41, 5.74) is 2.76.